The van der Waals surface area contributed by atoms with Gasteiger partial charge < -0.3 is 15.4 Å². The van der Waals surface area contributed by atoms with Crippen LogP contribution in [-0.2, 0) is 6.54 Å². The second-order valence-electron chi connectivity index (χ2n) is 7.26. The van der Waals surface area contributed by atoms with Gasteiger partial charge in [0.1, 0.15) is 0 Å². The number of carbonyl (C=O) groups is 1. The van der Waals surface area contributed by atoms with Crippen LogP contribution in [0.5, 0.6) is 5.75 Å². The Morgan fingerprint density at radius 1 is 1.06 bits per heavy atom. The highest BCUT2D eigenvalue weighted by Gasteiger charge is 2.15. The van der Waals surface area contributed by atoms with E-state index >= 15 is 0 Å². The maximum absolute atomic E-state index is 13.2. The molecular weight excluding hydrogens is 454 g/mol. The van der Waals surface area contributed by atoms with Gasteiger partial charge in [0.25, 0.3) is 11.5 Å². The van der Waals surface area contributed by atoms with Crippen LogP contribution in [0.25, 0.3) is 5.69 Å². The lowest BCUT2D eigenvalue weighted by Crippen LogP contribution is -2.24. The van der Waals surface area contributed by atoms with Gasteiger partial charge in [0, 0.05) is 35.2 Å². The Bertz CT molecular complexity index is 1320. The highest BCUT2D eigenvalue weighted by Crippen LogP contribution is 2.24. The quantitative estimate of drug-likeness (QED) is 0.393. The van der Waals surface area contributed by atoms with Gasteiger partial charge in [-0.3, -0.25) is 14.6 Å². The highest BCUT2D eigenvalue weighted by molar-refractivity contribution is 6.30. The molecule has 0 saturated carbocycles. The first-order valence-corrected chi connectivity index (χ1v) is 11.0. The lowest BCUT2D eigenvalue weighted by Gasteiger charge is -2.14. The van der Waals surface area contributed by atoms with E-state index in [0.29, 0.717) is 40.9 Å². The maximum atomic E-state index is 13.2. The van der Waals surface area contributed by atoms with Crippen LogP contribution in [0.1, 0.15) is 22.8 Å². The normalized spacial score (nSPS) is 10.5. The molecule has 0 aliphatic carbocycles. The number of nitrogens with one attached hydrogen (secondary N) is 2. The topological polar surface area (TPSA) is 98.1 Å². The van der Waals surface area contributed by atoms with Gasteiger partial charge in [-0.15, -0.1) is 0 Å². The Labute approximate surface area is 201 Å². The number of pyridine rings is 1. The summed E-state index contributed by atoms with van der Waals surface area (Å²) in [5, 5.41) is 10.7. The van der Waals surface area contributed by atoms with Gasteiger partial charge >= 0.3 is 0 Å². The molecular formula is C25H22ClN5O3. The minimum Gasteiger partial charge on any atom is -0.490 e. The number of hydrogen-bond donors (Lipinski definition) is 2. The Balaban J connectivity index is 1.54. The van der Waals surface area contributed by atoms with E-state index in [1.165, 1.54) is 10.9 Å². The van der Waals surface area contributed by atoms with E-state index < -0.39 is 0 Å². The molecule has 0 aliphatic rings. The third kappa shape index (κ3) is 5.41. The van der Waals surface area contributed by atoms with E-state index in [0.717, 1.165) is 5.56 Å². The smallest absolute Gasteiger partial charge is 0.299 e. The second-order valence-corrected chi connectivity index (χ2v) is 7.69. The molecule has 8 nitrogen and oxygen atoms in total. The molecule has 0 fully saturated rings. The number of rotatable bonds is 8. The molecule has 4 aromatic rings. The van der Waals surface area contributed by atoms with Crippen LogP contribution in [0.2, 0.25) is 5.02 Å². The summed E-state index contributed by atoms with van der Waals surface area (Å²) in [5.41, 5.74) is 2.45. The summed E-state index contributed by atoms with van der Waals surface area (Å²) in [4.78, 5) is 29.7. The summed E-state index contributed by atoms with van der Waals surface area (Å²) in [5.74, 6) is 0.121. The minimum absolute atomic E-state index is 0.209. The van der Waals surface area contributed by atoms with Crippen LogP contribution in [-0.4, -0.2) is 27.3 Å². The standard InChI is InChI=1S/C25H22ClN5O3/c1-2-34-22-16-29-31(21-11-7-19(26)8-12-21)25(33)23(22)30-20-9-5-18(6-10-20)24(32)28-15-17-4-3-13-27-14-17/h3-14,16,30H,2,15H2,1H3,(H,28,32). The third-order valence-electron chi connectivity index (χ3n) is 4.91. The van der Waals surface area contributed by atoms with Crippen molar-refractivity contribution in [1.29, 1.82) is 0 Å². The molecule has 2 heterocycles. The fourth-order valence-corrected chi connectivity index (χ4v) is 3.35. The van der Waals surface area contributed by atoms with E-state index in [4.69, 9.17) is 16.3 Å². The summed E-state index contributed by atoms with van der Waals surface area (Å²) < 4.78 is 6.87. The molecule has 0 spiro atoms. The van der Waals surface area contributed by atoms with Crippen LogP contribution in [0, 0.1) is 0 Å². The summed E-state index contributed by atoms with van der Waals surface area (Å²) in [6.45, 7) is 2.58. The van der Waals surface area contributed by atoms with Gasteiger partial charge in [0.15, 0.2) is 11.4 Å². The predicted molar refractivity (Wildman–Crippen MR) is 131 cm³/mol. The Morgan fingerprint density at radius 3 is 2.50 bits per heavy atom. The van der Waals surface area contributed by atoms with E-state index in [9.17, 15) is 9.59 Å². The number of carbonyl (C=O) groups excluding carboxylic acids is 1. The fraction of sp³-hybridized carbons (Fsp3) is 0.120. The molecule has 2 aromatic carbocycles. The average molecular weight is 476 g/mol. The van der Waals surface area contributed by atoms with Crippen molar-refractivity contribution in [3.63, 3.8) is 0 Å². The highest BCUT2D eigenvalue weighted by atomic mass is 35.5. The van der Waals surface area contributed by atoms with Crippen molar-refractivity contribution in [2.45, 2.75) is 13.5 Å². The van der Waals surface area contributed by atoms with Gasteiger partial charge in [0.05, 0.1) is 18.5 Å². The summed E-state index contributed by atoms with van der Waals surface area (Å²) in [7, 11) is 0. The molecule has 2 N–H and O–H groups in total. The molecule has 9 heteroatoms. The number of nitrogens with zero attached hydrogens (tertiary/aromatic N) is 3. The van der Waals surface area contributed by atoms with Crippen molar-refractivity contribution in [3.05, 3.63) is 106 Å². The zero-order valence-electron chi connectivity index (χ0n) is 18.4. The van der Waals surface area contributed by atoms with Gasteiger partial charge in [-0.05, 0) is 67.1 Å². The van der Waals surface area contributed by atoms with Crippen LogP contribution < -0.4 is 20.9 Å². The van der Waals surface area contributed by atoms with Crippen molar-refractivity contribution < 1.29 is 9.53 Å². The summed E-state index contributed by atoms with van der Waals surface area (Å²) in [6, 6.07) is 17.3. The number of ether oxygens (including phenoxy) is 1. The van der Waals surface area contributed by atoms with Crippen molar-refractivity contribution >= 4 is 28.9 Å². The first kappa shape index (κ1) is 23.0. The molecule has 4 rings (SSSR count). The molecule has 0 unspecified atom stereocenters. The van der Waals surface area contributed by atoms with Gasteiger partial charge in [-0.2, -0.15) is 9.78 Å². The Morgan fingerprint density at radius 2 is 1.82 bits per heavy atom. The van der Waals surface area contributed by atoms with Crippen LogP contribution in [0.4, 0.5) is 11.4 Å². The zero-order valence-corrected chi connectivity index (χ0v) is 19.1. The summed E-state index contributed by atoms with van der Waals surface area (Å²) in [6.07, 6.45) is 4.87. The van der Waals surface area contributed by atoms with Crippen molar-refractivity contribution in [2.75, 3.05) is 11.9 Å². The SMILES string of the molecule is CCOc1cnn(-c2ccc(Cl)cc2)c(=O)c1Nc1ccc(C(=O)NCc2cccnc2)cc1. The third-order valence-corrected chi connectivity index (χ3v) is 5.16. The fourth-order valence-electron chi connectivity index (χ4n) is 3.22. The molecule has 0 radical (unpaired) electrons. The lowest BCUT2D eigenvalue weighted by atomic mass is 10.2. The number of halogens is 1. The van der Waals surface area contributed by atoms with E-state index in [2.05, 4.69) is 20.7 Å². The number of aromatic nitrogens is 3. The van der Waals surface area contributed by atoms with Gasteiger partial charge in [-0.1, -0.05) is 17.7 Å². The Kier molecular flexibility index (Phi) is 7.19. The van der Waals surface area contributed by atoms with E-state index in [1.54, 1.807) is 60.9 Å². The monoisotopic (exact) mass is 475 g/mol. The van der Waals surface area contributed by atoms with Crippen molar-refractivity contribution in [2.24, 2.45) is 0 Å². The van der Waals surface area contributed by atoms with Gasteiger partial charge in [-0.25, -0.2) is 0 Å². The van der Waals surface area contributed by atoms with Crippen LogP contribution in [0.3, 0.4) is 0 Å². The molecule has 0 aliphatic heterocycles. The average Bonchev–Trinajstić information content (AvgIpc) is 2.87. The first-order chi connectivity index (χ1) is 16.5. The maximum Gasteiger partial charge on any atom is 0.299 e. The van der Waals surface area contributed by atoms with Crippen LogP contribution in [0.15, 0.2) is 84.0 Å². The lowest BCUT2D eigenvalue weighted by molar-refractivity contribution is 0.0951. The predicted octanol–water partition coefficient (Wildman–Crippen LogP) is 4.35. The van der Waals surface area contributed by atoms with E-state index in [-0.39, 0.29) is 17.2 Å². The van der Waals surface area contributed by atoms with E-state index in [1.807, 2.05) is 19.1 Å². The number of benzene rings is 2. The Hall–Kier alpha value is -4.17. The number of amides is 1. The molecule has 0 atom stereocenters. The molecule has 172 valence electrons. The minimum atomic E-state index is -0.383. The molecule has 0 bridgehead atoms. The zero-order chi connectivity index (χ0) is 23.9. The summed E-state index contributed by atoms with van der Waals surface area (Å²) >= 11 is 5.96. The van der Waals surface area contributed by atoms with Gasteiger partial charge in [0.2, 0.25) is 0 Å². The molecule has 2 aromatic heterocycles. The van der Waals surface area contributed by atoms with Crippen molar-refractivity contribution in [3.8, 4) is 11.4 Å². The second kappa shape index (κ2) is 10.6. The van der Waals surface area contributed by atoms with Crippen molar-refractivity contribution in [1.82, 2.24) is 20.1 Å². The molecule has 1 amide bonds. The largest absolute Gasteiger partial charge is 0.490 e. The number of hydrogen-bond acceptors (Lipinski definition) is 6. The first-order valence-electron chi connectivity index (χ1n) is 10.6. The molecule has 0 saturated heterocycles. The molecule has 34 heavy (non-hydrogen) atoms. The van der Waals surface area contributed by atoms with Crippen LogP contribution >= 0.6 is 11.6 Å². The number of anilines is 2.